The van der Waals surface area contributed by atoms with Crippen LogP contribution in [0.25, 0.3) is 21.8 Å². The number of carboxylic acid groups (broad SMARTS) is 2. The number of nitrogens with zero attached hydrogens (tertiary/aromatic N) is 6. The molecule has 4 aromatic heterocycles. The van der Waals surface area contributed by atoms with Crippen molar-refractivity contribution in [1.82, 2.24) is 29.5 Å². The molecule has 1 fully saturated rings. The van der Waals surface area contributed by atoms with Gasteiger partial charge >= 0.3 is 18.1 Å². The van der Waals surface area contributed by atoms with Crippen LogP contribution in [-0.4, -0.2) is 71.1 Å². The highest BCUT2D eigenvalue weighted by atomic mass is 19.4. The molecule has 2 aromatic carbocycles. The van der Waals surface area contributed by atoms with Crippen LogP contribution in [0, 0.1) is 24.1 Å². The molecule has 1 aliphatic rings. The first-order chi connectivity index (χ1) is 25.9. The number of fused-ring (bicyclic) bond motifs is 2. The number of hydrogen-bond acceptors (Lipinski definition) is 9. The molecule has 0 radical (unpaired) electrons. The number of aromatic carboxylic acids is 2. The van der Waals surface area contributed by atoms with Gasteiger partial charge in [0.25, 0.3) is 0 Å². The summed E-state index contributed by atoms with van der Waals surface area (Å²) in [6.07, 6.45) is 7.39. The van der Waals surface area contributed by atoms with Gasteiger partial charge in [-0.1, -0.05) is 5.92 Å². The Hall–Kier alpha value is -6.54. The van der Waals surface area contributed by atoms with Gasteiger partial charge in [0.1, 0.15) is 5.82 Å². The number of carbonyl (C=O) groups is 2. The quantitative estimate of drug-likeness (QED) is 0.0824. The first kappa shape index (κ1) is 37.2. The third kappa shape index (κ3) is 8.73. The van der Waals surface area contributed by atoms with E-state index in [0.717, 1.165) is 31.6 Å². The normalized spacial score (nSPS) is 13.2. The van der Waals surface area contributed by atoms with Crippen molar-refractivity contribution in [2.24, 2.45) is 5.92 Å². The number of nitrogens with one attached hydrogen (secondary N) is 2. The van der Waals surface area contributed by atoms with E-state index in [2.05, 4.69) is 36.7 Å². The molecule has 0 saturated carbocycles. The van der Waals surface area contributed by atoms with Gasteiger partial charge in [-0.25, -0.2) is 14.0 Å². The van der Waals surface area contributed by atoms with Gasteiger partial charge in [0, 0.05) is 48.5 Å². The zero-order chi connectivity index (χ0) is 38.4. The lowest BCUT2D eigenvalue weighted by Gasteiger charge is -2.22. The van der Waals surface area contributed by atoms with Crippen LogP contribution in [0.3, 0.4) is 0 Å². The van der Waals surface area contributed by atoms with Crippen LogP contribution in [0.1, 0.15) is 45.5 Å². The van der Waals surface area contributed by atoms with E-state index in [1.165, 1.54) is 53.7 Å². The molecule has 4 N–H and O–H groups in total. The van der Waals surface area contributed by atoms with Crippen molar-refractivity contribution < 1.29 is 42.1 Å². The van der Waals surface area contributed by atoms with Gasteiger partial charge in [0.2, 0.25) is 0 Å². The molecule has 0 aliphatic carbocycles. The summed E-state index contributed by atoms with van der Waals surface area (Å²) in [6.45, 7) is 1.80. The number of hydrogen-bond donors (Lipinski definition) is 4. The van der Waals surface area contributed by atoms with Gasteiger partial charge in [-0.15, -0.1) is 6.42 Å². The van der Waals surface area contributed by atoms with Crippen molar-refractivity contribution >= 4 is 56.8 Å². The van der Waals surface area contributed by atoms with Crippen molar-refractivity contribution in [3.05, 3.63) is 95.8 Å². The second kappa shape index (κ2) is 16.0. The molecule has 278 valence electrons. The zero-order valence-electron chi connectivity index (χ0n) is 28.3. The molecule has 0 bridgehead atoms. The number of alkyl halides is 3. The van der Waals surface area contributed by atoms with Crippen LogP contribution >= 0.6 is 0 Å². The number of rotatable bonds is 10. The average Bonchev–Trinajstić information content (AvgIpc) is 3.67. The lowest BCUT2D eigenvalue weighted by atomic mass is 10.0. The van der Waals surface area contributed by atoms with Gasteiger partial charge in [-0.3, -0.25) is 19.3 Å². The maximum absolute atomic E-state index is 13.8. The topological polar surface area (TPSA) is 169 Å². The summed E-state index contributed by atoms with van der Waals surface area (Å²) in [5, 5.41) is 34.3. The van der Waals surface area contributed by atoms with Crippen LogP contribution < -0.4 is 10.6 Å². The van der Waals surface area contributed by atoms with Gasteiger partial charge in [0.15, 0.2) is 11.6 Å². The molecule has 0 unspecified atom stereocenters. The number of ether oxygens (including phenoxy) is 1. The third-order valence-electron chi connectivity index (χ3n) is 8.62. The fourth-order valence-electron chi connectivity index (χ4n) is 5.94. The van der Waals surface area contributed by atoms with E-state index in [9.17, 15) is 37.4 Å². The summed E-state index contributed by atoms with van der Waals surface area (Å²) in [5.74, 6) is 0.873. The van der Waals surface area contributed by atoms with Crippen molar-refractivity contribution in [3.63, 3.8) is 0 Å². The second-order valence-corrected chi connectivity index (χ2v) is 12.3. The Kier molecular flexibility index (Phi) is 11.0. The predicted molar refractivity (Wildman–Crippen MR) is 191 cm³/mol. The molecule has 17 heteroatoms. The highest BCUT2D eigenvalue weighted by molar-refractivity contribution is 5.99. The number of aromatic nitrogens is 6. The van der Waals surface area contributed by atoms with Gasteiger partial charge in [-0.2, -0.15) is 23.4 Å². The first-order valence-electron chi connectivity index (χ1n) is 16.6. The van der Waals surface area contributed by atoms with Gasteiger partial charge in [-0.05, 0) is 67.3 Å². The van der Waals surface area contributed by atoms with Gasteiger partial charge < -0.3 is 25.6 Å². The number of pyridine rings is 2. The summed E-state index contributed by atoms with van der Waals surface area (Å²) in [5.41, 5.74) is 2.27. The average molecular weight is 745 g/mol. The highest BCUT2D eigenvalue weighted by Crippen LogP contribution is 2.31. The van der Waals surface area contributed by atoms with Crippen LogP contribution in [0.4, 0.5) is 40.6 Å². The smallest absolute Gasteiger partial charge is 0.390 e. The molecule has 0 atom stereocenters. The van der Waals surface area contributed by atoms with Crippen LogP contribution in [0.15, 0.2) is 73.3 Å². The number of carboxylic acids is 2. The van der Waals surface area contributed by atoms with Crippen LogP contribution in [0.5, 0.6) is 0 Å². The Morgan fingerprint density at radius 2 is 1.41 bits per heavy atom. The van der Waals surface area contributed by atoms with Crippen molar-refractivity contribution in [2.75, 3.05) is 23.8 Å². The molecule has 13 nitrogen and oxygen atoms in total. The lowest BCUT2D eigenvalue weighted by molar-refractivity contribution is -0.137. The minimum Gasteiger partial charge on any atom is -0.478 e. The Labute approximate surface area is 304 Å². The predicted octanol–water partition coefficient (Wildman–Crippen LogP) is 7.25. The molecule has 1 aliphatic heterocycles. The summed E-state index contributed by atoms with van der Waals surface area (Å²) < 4.78 is 60.1. The van der Waals surface area contributed by atoms with E-state index < -0.39 is 24.5 Å². The Balaban J connectivity index is 0.000000184. The van der Waals surface area contributed by atoms with Crippen molar-refractivity contribution in [3.8, 4) is 12.3 Å². The second-order valence-electron chi connectivity index (χ2n) is 12.3. The molecule has 1 saturated heterocycles. The SMILES string of the molecule is C#Cc1ccc2c(c1)c(Nc1cnccc1C(=O)O)nn2CCC(F)(F)F.O=C(O)c1ccncc1Nc1nn(CC2CCOCC2)c2ccc(F)cc12. The Morgan fingerprint density at radius 3 is 1.98 bits per heavy atom. The van der Waals surface area contributed by atoms with Crippen molar-refractivity contribution in [1.29, 1.82) is 0 Å². The maximum Gasteiger partial charge on any atom is 0.390 e. The van der Waals surface area contributed by atoms with E-state index >= 15 is 0 Å². The third-order valence-corrected chi connectivity index (χ3v) is 8.62. The fourth-order valence-corrected chi connectivity index (χ4v) is 5.94. The molecule has 54 heavy (non-hydrogen) atoms. The highest BCUT2D eigenvalue weighted by Gasteiger charge is 2.28. The van der Waals surface area contributed by atoms with E-state index in [-0.39, 0.29) is 35.0 Å². The molecular weight excluding hydrogens is 712 g/mol. The van der Waals surface area contributed by atoms with E-state index in [1.807, 2.05) is 4.68 Å². The first-order valence-corrected chi connectivity index (χ1v) is 16.6. The van der Waals surface area contributed by atoms with Crippen LogP contribution in [-0.2, 0) is 17.8 Å². The molecule has 6 aromatic rings. The Bertz CT molecular complexity index is 2360. The van der Waals surface area contributed by atoms with Crippen molar-refractivity contribution in [2.45, 2.75) is 38.5 Å². The number of anilines is 4. The summed E-state index contributed by atoms with van der Waals surface area (Å²) >= 11 is 0. The summed E-state index contributed by atoms with van der Waals surface area (Å²) in [6, 6.07) is 12.0. The molecule has 5 heterocycles. The molecule has 7 rings (SSSR count). The molecule has 0 spiro atoms. The minimum absolute atomic E-state index is 0.0453. The van der Waals surface area contributed by atoms with Crippen LogP contribution in [0.2, 0.25) is 0 Å². The summed E-state index contributed by atoms with van der Waals surface area (Å²) in [7, 11) is 0. The standard InChI is InChI=1S/C19H19FN4O3.C18H13F3N4O2/c20-13-1-2-17-15(9-13)18(22-16-10-21-6-3-14(16)19(25)26)23-24(17)11-12-4-7-27-8-5-12;1-2-11-3-4-15-13(9-11)16(24-25(15)8-6-18(19,20)21)23-14-10-22-7-5-12(14)17(26)27/h1-3,6,9-10,12H,4-5,7-8,11H2,(H,22,23)(H,25,26);1,3-5,7,9-10H,6,8H2,(H,23,24)(H,26,27). The zero-order valence-corrected chi connectivity index (χ0v) is 28.3. The molecule has 0 amide bonds. The van der Waals surface area contributed by atoms with E-state index in [0.29, 0.717) is 45.8 Å². The van der Waals surface area contributed by atoms with Gasteiger partial charge in [0.05, 0.1) is 58.9 Å². The Morgan fingerprint density at radius 1 is 0.852 bits per heavy atom. The number of benzene rings is 2. The molecular formula is C37H32F4N8O5. The maximum atomic E-state index is 13.8. The largest absolute Gasteiger partial charge is 0.478 e. The lowest BCUT2D eigenvalue weighted by Crippen LogP contribution is -2.20. The summed E-state index contributed by atoms with van der Waals surface area (Å²) in [4.78, 5) is 30.6. The minimum atomic E-state index is -4.33. The number of terminal acetylenes is 1. The van der Waals surface area contributed by atoms with E-state index in [1.54, 1.807) is 24.3 Å². The number of halogens is 4. The van der Waals surface area contributed by atoms with E-state index in [4.69, 9.17) is 11.2 Å². The monoisotopic (exact) mass is 744 g/mol. The fraction of sp³-hybridized carbons (Fsp3) is 0.243. The number of aryl methyl sites for hydroxylation is 1.